The van der Waals surface area contributed by atoms with Crippen LogP contribution in [0.1, 0.15) is 70.4 Å². The monoisotopic (exact) mass is 509 g/mol. The molecule has 194 valence electrons. The molecule has 3 rings (SSSR count). The minimum absolute atomic E-state index is 0.0609. The van der Waals surface area contributed by atoms with Crippen molar-refractivity contribution in [2.24, 2.45) is 5.41 Å². The van der Waals surface area contributed by atoms with E-state index < -0.39 is 11.6 Å². The number of anilines is 1. The van der Waals surface area contributed by atoms with Gasteiger partial charge < -0.3 is 16.0 Å². The first-order chi connectivity index (χ1) is 16.5. The van der Waals surface area contributed by atoms with Crippen molar-refractivity contribution in [3.63, 3.8) is 0 Å². The number of unbranched alkanes of at least 4 members (excludes halogenated alkanes) is 1. The van der Waals surface area contributed by atoms with Gasteiger partial charge in [0.05, 0.1) is 0 Å². The van der Waals surface area contributed by atoms with Crippen molar-refractivity contribution in [3.8, 4) is 0 Å². The average molecular weight is 510 g/mol. The summed E-state index contributed by atoms with van der Waals surface area (Å²) < 4.78 is 27.2. The van der Waals surface area contributed by atoms with E-state index in [1.165, 1.54) is 0 Å². The fourth-order valence-corrected chi connectivity index (χ4v) is 3.69. The molecule has 2 aromatic rings. The van der Waals surface area contributed by atoms with Crippen molar-refractivity contribution in [3.05, 3.63) is 64.2 Å². The number of benzene rings is 2. The molecule has 1 saturated heterocycles. The second kappa shape index (κ2) is 15.5. The molecule has 1 aliphatic heterocycles. The summed E-state index contributed by atoms with van der Waals surface area (Å²) in [7, 11) is 0. The molecule has 0 aliphatic carbocycles. The molecule has 0 radical (unpaired) electrons. The van der Waals surface area contributed by atoms with Crippen molar-refractivity contribution in [1.82, 2.24) is 10.6 Å². The number of hydrogen-bond donors (Lipinski definition) is 3. The van der Waals surface area contributed by atoms with E-state index in [9.17, 15) is 18.4 Å². The van der Waals surface area contributed by atoms with E-state index in [0.29, 0.717) is 41.2 Å². The van der Waals surface area contributed by atoms with Crippen LogP contribution >= 0.6 is 11.6 Å². The van der Waals surface area contributed by atoms with E-state index in [-0.39, 0.29) is 11.8 Å². The Kier molecular flexibility index (Phi) is 13.5. The van der Waals surface area contributed by atoms with E-state index in [2.05, 4.69) is 50.6 Å². The maximum absolute atomic E-state index is 13.7. The van der Waals surface area contributed by atoms with Crippen LogP contribution in [0.15, 0.2) is 36.4 Å². The standard InChI is InChI=1S/C17H15ClF2N2O.C5H11NO.C5H12/c18-11-3-1-2-10(4-11)13-7-21-8-14(13)12-5-15(19)16(20)6-17(12)22-9-23;1-2-3-4-6-5-7;1-5(2,3)4/h1-6,9,13-14,21H,7-8H2,(H,22,23);5H,2-4H2,1H3,(H,6,7);1-4H3. The van der Waals surface area contributed by atoms with Crippen molar-refractivity contribution in [2.45, 2.75) is 59.3 Å². The fraction of sp³-hybridized carbons (Fsp3) is 0.481. The number of rotatable bonds is 8. The number of halogens is 3. The van der Waals surface area contributed by atoms with Gasteiger partial charge in [-0.1, -0.05) is 64.8 Å². The van der Waals surface area contributed by atoms with Gasteiger partial charge in [-0.25, -0.2) is 8.78 Å². The highest BCUT2D eigenvalue weighted by Crippen LogP contribution is 2.40. The fourth-order valence-electron chi connectivity index (χ4n) is 3.49. The van der Waals surface area contributed by atoms with Gasteiger partial charge in [0.15, 0.2) is 11.6 Å². The van der Waals surface area contributed by atoms with Gasteiger partial charge in [0, 0.05) is 48.2 Å². The van der Waals surface area contributed by atoms with Crippen molar-refractivity contribution < 1.29 is 18.4 Å². The van der Waals surface area contributed by atoms with E-state index in [1.807, 2.05) is 18.2 Å². The highest BCUT2D eigenvalue weighted by Gasteiger charge is 2.32. The first-order valence-electron chi connectivity index (χ1n) is 11.8. The van der Waals surface area contributed by atoms with Crippen LogP contribution in [0.2, 0.25) is 5.02 Å². The van der Waals surface area contributed by atoms with Gasteiger partial charge in [0.1, 0.15) is 0 Å². The molecular weight excluding hydrogens is 472 g/mol. The molecule has 5 nitrogen and oxygen atoms in total. The molecule has 35 heavy (non-hydrogen) atoms. The third-order valence-electron chi connectivity index (χ3n) is 4.96. The van der Waals surface area contributed by atoms with Crippen LogP contribution in [0.4, 0.5) is 14.5 Å². The molecule has 2 atom stereocenters. The molecule has 1 fully saturated rings. The van der Waals surface area contributed by atoms with Crippen LogP contribution in [0.3, 0.4) is 0 Å². The molecule has 1 aliphatic rings. The zero-order valence-corrected chi connectivity index (χ0v) is 22.0. The molecule has 0 spiro atoms. The Morgan fingerprint density at radius 3 is 2.23 bits per heavy atom. The van der Waals surface area contributed by atoms with Crippen molar-refractivity contribution >= 4 is 30.1 Å². The summed E-state index contributed by atoms with van der Waals surface area (Å²) in [5.74, 6) is -1.94. The quantitative estimate of drug-likeness (QED) is 0.291. The molecule has 3 N–H and O–H groups in total. The molecule has 0 bridgehead atoms. The largest absolute Gasteiger partial charge is 0.359 e. The van der Waals surface area contributed by atoms with Gasteiger partial charge in [-0.15, -0.1) is 0 Å². The van der Waals surface area contributed by atoms with Crippen LogP contribution in [0.5, 0.6) is 0 Å². The Morgan fingerprint density at radius 1 is 1.03 bits per heavy atom. The van der Waals surface area contributed by atoms with Crippen LogP contribution in [-0.4, -0.2) is 32.5 Å². The number of amides is 2. The van der Waals surface area contributed by atoms with Gasteiger partial charge in [-0.3, -0.25) is 9.59 Å². The lowest BCUT2D eigenvalue weighted by atomic mass is 9.83. The number of hydrogen-bond acceptors (Lipinski definition) is 3. The van der Waals surface area contributed by atoms with E-state index in [0.717, 1.165) is 43.5 Å². The molecule has 1 heterocycles. The summed E-state index contributed by atoms with van der Waals surface area (Å²) in [5.41, 5.74) is 2.39. The lowest BCUT2D eigenvalue weighted by Gasteiger charge is -2.22. The smallest absolute Gasteiger partial charge is 0.211 e. The molecule has 2 amide bonds. The number of carbonyl (C=O) groups is 2. The highest BCUT2D eigenvalue weighted by atomic mass is 35.5. The summed E-state index contributed by atoms with van der Waals surface area (Å²) >= 11 is 6.06. The Bertz CT molecular complexity index is 929. The third kappa shape index (κ3) is 11.6. The summed E-state index contributed by atoms with van der Waals surface area (Å²) in [5, 5.41) is 8.93. The predicted octanol–water partition coefficient (Wildman–Crippen LogP) is 6.24. The van der Waals surface area contributed by atoms with E-state index >= 15 is 0 Å². The SMILES string of the molecule is CC(C)(C)C.CCCCNC=O.O=CNc1cc(F)c(F)cc1C1CNCC1c1cccc(Cl)c1. The normalized spacial score (nSPS) is 16.8. The Labute approximate surface area is 213 Å². The molecule has 0 aromatic heterocycles. The zero-order chi connectivity index (χ0) is 26.4. The number of carbonyl (C=O) groups excluding carboxylic acids is 2. The maximum Gasteiger partial charge on any atom is 0.211 e. The Morgan fingerprint density at radius 2 is 1.66 bits per heavy atom. The predicted molar refractivity (Wildman–Crippen MR) is 140 cm³/mol. The van der Waals surface area contributed by atoms with Crippen LogP contribution in [0, 0.1) is 17.0 Å². The van der Waals surface area contributed by atoms with E-state index in [4.69, 9.17) is 11.6 Å². The van der Waals surface area contributed by atoms with Gasteiger partial charge in [-0.05, 0) is 41.2 Å². The Balaban J connectivity index is 0.000000425. The second-order valence-corrected chi connectivity index (χ2v) is 10.4. The molecule has 2 aromatic carbocycles. The van der Waals surface area contributed by atoms with Crippen LogP contribution in [0.25, 0.3) is 0 Å². The highest BCUT2D eigenvalue weighted by molar-refractivity contribution is 6.30. The number of nitrogens with one attached hydrogen (secondary N) is 3. The lowest BCUT2D eigenvalue weighted by molar-refractivity contribution is -0.109. The minimum atomic E-state index is -0.983. The Hall–Kier alpha value is -2.51. The van der Waals surface area contributed by atoms with Crippen molar-refractivity contribution in [1.29, 1.82) is 0 Å². The van der Waals surface area contributed by atoms with Crippen molar-refractivity contribution in [2.75, 3.05) is 25.0 Å². The van der Waals surface area contributed by atoms with Gasteiger partial charge >= 0.3 is 0 Å². The van der Waals surface area contributed by atoms with Gasteiger partial charge in [0.2, 0.25) is 12.8 Å². The first-order valence-corrected chi connectivity index (χ1v) is 12.2. The summed E-state index contributed by atoms with van der Waals surface area (Å²) in [6.07, 6.45) is 3.42. The lowest BCUT2D eigenvalue weighted by Crippen LogP contribution is -2.13. The second-order valence-electron chi connectivity index (χ2n) is 9.97. The topological polar surface area (TPSA) is 70.2 Å². The molecule has 2 unspecified atom stereocenters. The van der Waals surface area contributed by atoms with Crippen LogP contribution < -0.4 is 16.0 Å². The molecular formula is C27H38ClF2N3O2. The zero-order valence-electron chi connectivity index (χ0n) is 21.3. The van der Waals surface area contributed by atoms with E-state index in [1.54, 1.807) is 6.07 Å². The van der Waals surface area contributed by atoms with Gasteiger partial charge in [0.25, 0.3) is 0 Å². The van der Waals surface area contributed by atoms with Crippen LogP contribution in [-0.2, 0) is 9.59 Å². The first kappa shape index (κ1) is 30.5. The summed E-state index contributed by atoms with van der Waals surface area (Å²) in [4.78, 5) is 20.3. The molecule has 0 saturated carbocycles. The van der Waals surface area contributed by atoms with Gasteiger partial charge in [-0.2, -0.15) is 0 Å². The maximum atomic E-state index is 13.7. The summed E-state index contributed by atoms with van der Waals surface area (Å²) in [6, 6.07) is 9.67. The molecule has 8 heteroatoms. The summed E-state index contributed by atoms with van der Waals surface area (Å²) in [6.45, 7) is 13.0. The minimum Gasteiger partial charge on any atom is -0.359 e. The third-order valence-corrected chi connectivity index (χ3v) is 5.19. The average Bonchev–Trinajstić information content (AvgIpc) is 3.26.